The van der Waals surface area contributed by atoms with E-state index in [-0.39, 0.29) is 12.1 Å². The predicted molar refractivity (Wildman–Crippen MR) is 116 cm³/mol. The zero-order valence-electron chi connectivity index (χ0n) is 17.0. The van der Waals surface area contributed by atoms with Gasteiger partial charge in [0.15, 0.2) is 9.84 Å². The van der Waals surface area contributed by atoms with E-state index in [1.165, 1.54) is 7.05 Å². The van der Waals surface area contributed by atoms with E-state index in [0.717, 1.165) is 11.1 Å². The summed E-state index contributed by atoms with van der Waals surface area (Å²) in [6.45, 7) is 0.666. The monoisotopic (exact) mass is 429 g/mol. The fourth-order valence-electron chi connectivity index (χ4n) is 3.66. The minimum atomic E-state index is -3.52. The molecular weight excluding hydrogens is 402 g/mol. The van der Waals surface area contributed by atoms with E-state index in [1.807, 2.05) is 60.7 Å². The highest BCUT2D eigenvalue weighted by Gasteiger charge is 2.33. The third kappa shape index (κ3) is 5.38. The molecule has 30 heavy (non-hydrogen) atoms. The van der Waals surface area contributed by atoms with Crippen LogP contribution in [0.15, 0.2) is 60.7 Å². The third-order valence-electron chi connectivity index (χ3n) is 5.38. The van der Waals surface area contributed by atoms with Crippen LogP contribution in [0.2, 0.25) is 0 Å². The smallest absolute Gasteiger partial charge is 0.318 e. The van der Waals surface area contributed by atoms with E-state index in [0.29, 0.717) is 25.9 Å². The summed E-state index contributed by atoms with van der Waals surface area (Å²) in [4.78, 5) is 26.0. The molecule has 7 nitrogen and oxygen atoms in total. The first-order valence-electron chi connectivity index (χ1n) is 9.98. The Labute approximate surface area is 177 Å². The van der Waals surface area contributed by atoms with Crippen molar-refractivity contribution in [3.8, 4) is 0 Å². The van der Waals surface area contributed by atoms with Crippen molar-refractivity contribution in [1.29, 1.82) is 0 Å². The van der Waals surface area contributed by atoms with Crippen LogP contribution in [0.1, 0.15) is 30.0 Å². The highest BCUT2D eigenvalue weighted by Crippen LogP contribution is 2.23. The maximum absolute atomic E-state index is 12.9. The number of rotatable bonds is 6. The zero-order chi connectivity index (χ0) is 21.6. The Balaban J connectivity index is 1.66. The number of carbonyl (C=O) groups excluding carboxylic acids is 2. The van der Waals surface area contributed by atoms with Crippen molar-refractivity contribution in [1.82, 2.24) is 15.5 Å². The molecular formula is C22H27N3O4S. The molecule has 1 aliphatic heterocycles. The number of nitrogens with zero attached hydrogens (tertiary/aromatic N) is 1. The lowest BCUT2D eigenvalue weighted by molar-refractivity contribution is -0.118. The van der Waals surface area contributed by atoms with E-state index in [2.05, 4.69) is 10.6 Å². The summed E-state index contributed by atoms with van der Waals surface area (Å²) in [7, 11) is -2.11. The minimum Gasteiger partial charge on any atom is -0.358 e. The number of likely N-dealkylation sites (tertiary alicyclic amines) is 1. The van der Waals surface area contributed by atoms with Crippen LogP contribution in [0.25, 0.3) is 0 Å². The summed E-state index contributed by atoms with van der Waals surface area (Å²) in [5.74, 6) is -1.02. The van der Waals surface area contributed by atoms with Crippen LogP contribution in [-0.4, -0.2) is 56.4 Å². The molecule has 1 aliphatic rings. The highest BCUT2D eigenvalue weighted by molar-refractivity contribution is 7.92. The molecule has 1 saturated heterocycles. The molecule has 2 N–H and O–H groups in total. The summed E-state index contributed by atoms with van der Waals surface area (Å²) in [5, 5.41) is 4.84. The number of piperidine rings is 1. The van der Waals surface area contributed by atoms with Gasteiger partial charge in [-0.2, -0.15) is 0 Å². The molecule has 2 aromatic rings. The lowest BCUT2D eigenvalue weighted by Crippen LogP contribution is -2.48. The van der Waals surface area contributed by atoms with Crippen molar-refractivity contribution < 1.29 is 18.0 Å². The molecule has 1 heterocycles. The zero-order valence-corrected chi connectivity index (χ0v) is 17.8. The number of urea groups is 1. The number of amides is 3. The first kappa shape index (κ1) is 21.8. The Kier molecular flexibility index (Phi) is 7.10. The minimum absolute atomic E-state index is 0.227. The molecule has 8 heteroatoms. The van der Waals surface area contributed by atoms with Gasteiger partial charge in [0.1, 0.15) is 5.75 Å². The molecule has 160 valence electrons. The number of nitrogens with one attached hydrogen (secondary N) is 2. The molecule has 0 unspecified atom stereocenters. The number of hydrogen-bond donors (Lipinski definition) is 2. The third-order valence-corrected chi connectivity index (χ3v) is 7.53. The molecule has 0 saturated carbocycles. The fraction of sp³-hybridized carbons (Fsp3) is 0.364. The molecule has 0 spiro atoms. The lowest BCUT2D eigenvalue weighted by atomic mass is 9.99. The lowest BCUT2D eigenvalue weighted by Gasteiger charge is -2.33. The Hall–Kier alpha value is -2.87. The van der Waals surface area contributed by atoms with Crippen molar-refractivity contribution in [3.63, 3.8) is 0 Å². The van der Waals surface area contributed by atoms with Crippen LogP contribution in [0.4, 0.5) is 4.79 Å². The van der Waals surface area contributed by atoms with Crippen LogP contribution < -0.4 is 10.6 Å². The van der Waals surface area contributed by atoms with Crippen LogP contribution in [-0.2, 0) is 14.6 Å². The first-order valence-corrected chi connectivity index (χ1v) is 11.7. The van der Waals surface area contributed by atoms with Crippen molar-refractivity contribution >= 4 is 21.8 Å². The van der Waals surface area contributed by atoms with Crippen molar-refractivity contribution in [2.45, 2.75) is 24.1 Å². The van der Waals surface area contributed by atoms with Gasteiger partial charge in [0, 0.05) is 20.1 Å². The van der Waals surface area contributed by atoms with Gasteiger partial charge in [0.25, 0.3) is 0 Å². The Morgan fingerprint density at radius 2 is 1.47 bits per heavy atom. The van der Waals surface area contributed by atoms with Crippen molar-refractivity contribution in [2.24, 2.45) is 0 Å². The number of hydrogen-bond acceptors (Lipinski definition) is 4. The van der Waals surface area contributed by atoms with Crippen LogP contribution >= 0.6 is 0 Å². The fourth-order valence-corrected chi connectivity index (χ4v) is 5.33. The van der Waals surface area contributed by atoms with Gasteiger partial charge in [0.2, 0.25) is 5.91 Å². The SMILES string of the molecule is CNC(=O)CS(=O)(=O)C1CCN(C(=O)NC(c2ccccc2)c2ccccc2)CC1. The van der Waals surface area contributed by atoms with Gasteiger partial charge < -0.3 is 15.5 Å². The maximum atomic E-state index is 12.9. The highest BCUT2D eigenvalue weighted by atomic mass is 32.2. The Morgan fingerprint density at radius 3 is 1.93 bits per heavy atom. The number of sulfone groups is 1. The van der Waals surface area contributed by atoms with Gasteiger partial charge in [-0.15, -0.1) is 0 Å². The van der Waals surface area contributed by atoms with Gasteiger partial charge in [-0.1, -0.05) is 60.7 Å². The van der Waals surface area contributed by atoms with Gasteiger partial charge in [-0.3, -0.25) is 4.79 Å². The van der Waals surface area contributed by atoms with Gasteiger partial charge in [-0.05, 0) is 24.0 Å². The van der Waals surface area contributed by atoms with E-state index in [1.54, 1.807) is 4.90 Å². The molecule has 0 aromatic heterocycles. The standard InChI is InChI=1S/C22H27N3O4S/c1-23-20(26)16-30(28,29)19-12-14-25(15-13-19)22(27)24-21(17-8-4-2-5-9-17)18-10-6-3-7-11-18/h2-11,19,21H,12-16H2,1H3,(H,23,26)(H,24,27). The number of benzene rings is 2. The Morgan fingerprint density at radius 1 is 0.967 bits per heavy atom. The molecule has 0 bridgehead atoms. The van der Waals surface area contributed by atoms with E-state index in [4.69, 9.17) is 0 Å². The second kappa shape index (κ2) is 9.75. The van der Waals surface area contributed by atoms with Crippen LogP contribution in [0.5, 0.6) is 0 Å². The second-order valence-corrected chi connectivity index (χ2v) is 9.65. The quantitative estimate of drug-likeness (QED) is 0.735. The molecule has 3 rings (SSSR count). The molecule has 2 aromatic carbocycles. The average molecular weight is 430 g/mol. The maximum Gasteiger partial charge on any atom is 0.318 e. The molecule has 3 amide bonds. The van der Waals surface area contributed by atoms with E-state index >= 15 is 0 Å². The summed E-state index contributed by atoms with van der Waals surface area (Å²) >= 11 is 0. The summed E-state index contributed by atoms with van der Waals surface area (Å²) in [5.41, 5.74) is 1.94. The van der Waals surface area contributed by atoms with Gasteiger partial charge in [0.05, 0.1) is 11.3 Å². The molecule has 0 radical (unpaired) electrons. The predicted octanol–water partition coefficient (Wildman–Crippen LogP) is 2.11. The molecule has 0 atom stereocenters. The van der Waals surface area contributed by atoms with Crippen molar-refractivity contribution in [2.75, 3.05) is 25.9 Å². The molecule has 1 fully saturated rings. The van der Waals surface area contributed by atoms with Crippen LogP contribution in [0.3, 0.4) is 0 Å². The van der Waals surface area contributed by atoms with E-state index in [9.17, 15) is 18.0 Å². The summed E-state index contributed by atoms with van der Waals surface area (Å²) in [6, 6.07) is 18.9. The first-order chi connectivity index (χ1) is 14.4. The second-order valence-electron chi connectivity index (χ2n) is 7.37. The Bertz CT molecular complexity index is 917. The van der Waals surface area contributed by atoms with Gasteiger partial charge >= 0.3 is 6.03 Å². The number of carbonyl (C=O) groups is 2. The van der Waals surface area contributed by atoms with Crippen molar-refractivity contribution in [3.05, 3.63) is 71.8 Å². The normalized spacial score (nSPS) is 15.1. The average Bonchev–Trinajstić information content (AvgIpc) is 2.78. The molecule has 0 aliphatic carbocycles. The van der Waals surface area contributed by atoms with Crippen LogP contribution in [0, 0.1) is 0 Å². The topological polar surface area (TPSA) is 95.6 Å². The largest absolute Gasteiger partial charge is 0.358 e. The summed E-state index contributed by atoms with van der Waals surface area (Å²) in [6.07, 6.45) is 0.655. The van der Waals surface area contributed by atoms with E-state index < -0.39 is 26.7 Å². The van der Waals surface area contributed by atoms with Gasteiger partial charge in [-0.25, -0.2) is 13.2 Å². The summed E-state index contributed by atoms with van der Waals surface area (Å²) < 4.78 is 24.8.